The molecule has 0 spiro atoms. The number of pyridine rings is 1. The fraction of sp³-hybridized carbons (Fsp3) is 0.250. The van der Waals surface area contributed by atoms with Crippen LogP contribution in [0.15, 0.2) is 48.5 Å². The number of halogens is 1. The lowest BCUT2D eigenvalue weighted by molar-refractivity contribution is 0.0941. The van der Waals surface area contributed by atoms with Gasteiger partial charge in [0.1, 0.15) is 16.7 Å². The molecule has 1 aromatic heterocycles. The first-order valence-electron chi connectivity index (χ1n) is 9.69. The van der Waals surface area contributed by atoms with E-state index in [1.54, 1.807) is 6.07 Å². The number of hydrogen-bond acceptors (Lipinski definition) is 3. The molecule has 0 fully saturated rings. The second kappa shape index (κ2) is 7.53. The predicted molar refractivity (Wildman–Crippen MR) is 115 cm³/mol. The maximum absolute atomic E-state index is 13.1. The number of nitrogens with one attached hydrogen (secondary N) is 1. The Balaban J connectivity index is 1.73. The van der Waals surface area contributed by atoms with Gasteiger partial charge in [-0.3, -0.25) is 4.79 Å². The van der Waals surface area contributed by atoms with Gasteiger partial charge in [-0.25, -0.2) is 4.98 Å². The zero-order valence-electron chi connectivity index (χ0n) is 16.9. The van der Waals surface area contributed by atoms with Crippen LogP contribution < -0.4 is 10.1 Å². The quantitative estimate of drug-likeness (QED) is 0.534. The molecule has 29 heavy (non-hydrogen) atoms. The summed E-state index contributed by atoms with van der Waals surface area (Å²) in [7, 11) is 0. The average molecular weight is 407 g/mol. The van der Waals surface area contributed by atoms with Crippen LogP contribution >= 0.6 is 11.6 Å². The Morgan fingerprint density at radius 3 is 2.10 bits per heavy atom. The molecule has 0 saturated heterocycles. The maximum Gasteiger partial charge on any atom is 0.255 e. The third-order valence-electron chi connectivity index (χ3n) is 5.16. The Kier molecular flexibility index (Phi) is 5.05. The second-order valence-electron chi connectivity index (χ2n) is 7.82. The highest BCUT2D eigenvalue weighted by Gasteiger charge is 2.29. The molecule has 0 bridgehead atoms. The third-order valence-corrected chi connectivity index (χ3v) is 5.45. The molecule has 1 amide bonds. The molecule has 0 saturated carbocycles. The van der Waals surface area contributed by atoms with Gasteiger partial charge >= 0.3 is 0 Å². The summed E-state index contributed by atoms with van der Waals surface area (Å²) < 4.78 is 6.13. The number of nitrogens with zero attached hydrogens (tertiary/aromatic N) is 1. The van der Waals surface area contributed by atoms with E-state index in [2.05, 4.69) is 10.3 Å². The number of carbonyl (C=O) groups is 1. The molecule has 148 valence electrons. The summed E-state index contributed by atoms with van der Waals surface area (Å²) in [6.07, 6.45) is 0. The Morgan fingerprint density at radius 1 is 1.00 bits per heavy atom. The summed E-state index contributed by atoms with van der Waals surface area (Å²) in [5.74, 6) is 1.49. The van der Waals surface area contributed by atoms with Gasteiger partial charge in [0.15, 0.2) is 0 Å². The Labute approximate surface area is 175 Å². The minimum atomic E-state index is -0.330. The number of hydrogen-bond donors (Lipinski definition) is 1. The predicted octanol–water partition coefficient (Wildman–Crippen LogP) is 6.10. The van der Waals surface area contributed by atoms with Crippen molar-refractivity contribution in [3.05, 3.63) is 87.2 Å². The second-order valence-corrected chi connectivity index (χ2v) is 8.18. The summed E-state index contributed by atoms with van der Waals surface area (Å²) in [6, 6.07) is 15.3. The fourth-order valence-electron chi connectivity index (χ4n) is 3.53. The van der Waals surface area contributed by atoms with Crippen LogP contribution in [0, 0.1) is 13.8 Å². The monoisotopic (exact) mass is 406 g/mol. The van der Waals surface area contributed by atoms with E-state index in [1.807, 2.05) is 70.2 Å². The lowest BCUT2D eigenvalue weighted by atomic mass is 9.92. The molecule has 2 heterocycles. The number of fused-ring (bicyclic) bond motifs is 2. The van der Waals surface area contributed by atoms with Crippen LogP contribution in [0.3, 0.4) is 0 Å². The number of ether oxygens (including phenoxy) is 1. The number of aromatic nitrogens is 1. The zero-order valence-corrected chi connectivity index (χ0v) is 17.7. The molecule has 5 heteroatoms. The minimum Gasteiger partial charge on any atom is -0.457 e. The van der Waals surface area contributed by atoms with Crippen molar-refractivity contribution in [1.29, 1.82) is 0 Å². The normalized spacial score (nSPS) is 12.9. The van der Waals surface area contributed by atoms with E-state index in [4.69, 9.17) is 16.3 Å². The van der Waals surface area contributed by atoms with Gasteiger partial charge in [-0.1, -0.05) is 49.7 Å². The molecular weight excluding hydrogens is 384 g/mol. The van der Waals surface area contributed by atoms with E-state index in [0.717, 1.165) is 39.4 Å². The maximum atomic E-state index is 13.1. The molecule has 4 rings (SSSR count). The molecular formula is C24H23ClN2O2. The van der Waals surface area contributed by atoms with E-state index in [1.165, 1.54) is 0 Å². The Morgan fingerprint density at radius 2 is 1.59 bits per heavy atom. The Bertz CT molecular complexity index is 1060. The van der Waals surface area contributed by atoms with Crippen molar-refractivity contribution in [2.75, 3.05) is 0 Å². The number of aryl methyl sites for hydroxylation is 2. The highest BCUT2D eigenvalue weighted by molar-refractivity contribution is 6.32. The van der Waals surface area contributed by atoms with Gasteiger partial charge < -0.3 is 10.1 Å². The molecule has 3 aromatic rings. The van der Waals surface area contributed by atoms with Crippen molar-refractivity contribution in [1.82, 2.24) is 10.3 Å². The molecule has 0 atom stereocenters. The molecule has 2 aromatic carbocycles. The highest BCUT2D eigenvalue weighted by atomic mass is 35.5. The van der Waals surface area contributed by atoms with Crippen LogP contribution in [0.1, 0.15) is 64.1 Å². The van der Waals surface area contributed by atoms with E-state index in [0.29, 0.717) is 5.56 Å². The molecule has 0 radical (unpaired) electrons. The van der Waals surface area contributed by atoms with Gasteiger partial charge in [0.05, 0.1) is 11.6 Å². The Hall–Kier alpha value is -2.85. The van der Waals surface area contributed by atoms with E-state index < -0.39 is 0 Å². The number of amides is 1. The fourth-order valence-corrected chi connectivity index (χ4v) is 3.77. The average Bonchev–Trinajstić information content (AvgIpc) is 2.66. The molecule has 0 aliphatic carbocycles. The minimum absolute atomic E-state index is 0.217. The van der Waals surface area contributed by atoms with E-state index in [9.17, 15) is 4.79 Å². The van der Waals surface area contributed by atoms with Crippen LogP contribution in [-0.4, -0.2) is 10.9 Å². The SMILES string of the molecule is Cc1ccc2c(c1)Oc1cc(C)ccc1C2NC(=O)c1ccc(C(C)C)nc1Cl. The summed E-state index contributed by atoms with van der Waals surface area (Å²) in [4.78, 5) is 17.5. The third kappa shape index (κ3) is 3.73. The van der Waals surface area contributed by atoms with Crippen LogP contribution in [0.4, 0.5) is 0 Å². The molecule has 0 unspecified atom stereocenters. The van der Waals surface area contributed by atoms with Crippen LogP contribution in [0.2, 0.25) is 5.15 Å². The van der Waals surface area contributed by atoms with Crippen molar-refractivity contribution in [3.63, 3.8) is 0 Å². The summed E-state index contributed by atoms with van der Waals surface area (Å²) in [5.41, 5.74) is 5.26. The molecule has 1 aliphatic rings. The summed E-state index contributed by atoms with van der Waals surface area (Å²) >= 11 is 6.33. The van der Waals surface area contributed by atoms with Gasteiger partial charge in [0, 0.05) is 16.8 Å². The standard InChI is InChI=1S/C24H23ClN2O2/c1-13(2)19-10-9-18(23(25)26-19)24(28)27-22-16-7-5-14(3)11-20(16)29-21-12-15(4)6-8-17(21)22/h5-13,22H,1-4H3,(H,27,28). The first-order chi connectivity index (χ1) is 13.8. The van der Waals surface area contributed by atoms with Crippen LogP contribution in [0.5, 0.6) is 11.5 Å². The van der Waals surface area contributed by atoms with E-state index >= 15 is 0 Å². The molecule has 1 aliphatic heterocycles. The molecule has 4 nitrogen and oxygen atoms in total. The highest BCUT2D eigenvalue weighted by Crippen LogP contribution is 2.43. The van der Waals surface area contributed by atoms with Crippen molar-refractivity contribution < 1.29 is 9.53 Å². The molecule has 1 N–H and O–H groups in total. The topological polar surface area (TPSA) is 51.2 Å². The lowest BCUT2D eigenvalue weighted by Crippen LogP contribution is -2.31. The number of carbonyl (C=O) groups excluding carboxylic acids is 1. The largest absolute Gasteiger partial charge is 0.457 e. The van der Waals surface area contributed by atoms with Crippen LogP contribution in [0.25, 0.3) is 0 Å². The lowest BCUT2D eigenvalue weighted by Gasteiger charge is -2.29. The summed E-state index contributed by atoms with van der Waals surface area (Å²) in [6.45, 7) is 8.12. The van der Waals surface area contributed by atoms with Gasteiger partial charge in [-0.2, -0.15) is 0 Å². The number of rotatable bonds is 3. The zero-order chi connectivity index (χ0) is 20.7. The van der Waals surface area contributed by atoms with Crippen molar-refractivity contribution in [3.8, 4) is 11.5 Å². The van der Waals surface area contributed by atoms with Crippen LogP contribution in [-0.2, 0) is 0 Å². The first kappa shape index (κ1) is 19.5. The smallest absolute Gasteiger partial charge is 0.255 e. The van der Waals surface area contributed by atoms with Gasteiger partial charge in [-0.05, 0) is 55.2 Å². The number of benzene rings is 2. The first-order valence-corrected chi connectivity index (χ1v) is 10.1. The van der Waals surface area contributed by atoms with E-state index in [-0.39, 0.29) is 23.0 Å². The van der Waals surface area contributed by atoms with Gasteiger partial charge in [-0.15, -0.1) is 0 Å². The van der Waals surface area contributed by atoms with Crippen molar-refractivity contribution >= 4 is 17.5 Å². The van der Waals surface area contributed by atoms with Crippen molar-refractivity contribution in [2.24, 2.45) is 0 Å². The summed E-state index contributed by atoms with van der Waals surface area (Å²) in [5, 5.41) is 3.35. The van der Waals surface area contributed by atoms with Gasteiger partial charge in [0.25, 0.3) is 5.91 Å². The van der Waals surface area contributed by atoms with Gasteiger partial charge in [0.2, 0.25) is 0 Å². The van der Waals surface area contributed by atoms with Crippen molar-refractivity contribution in [2.45, 2.75) is 39.7 Å².